The summed E-state index contributed by atoms with van der Waals surface area (Å²) in [6, 6.07) is 8.98. The SMILES string of the molecule is Cc1ccc(NC(=O)c2cc(C(=O)N3CCOCC3)ccn2)c(C)c1. The number of nitrogens with one attached hydrogen (secondary N) is 1. The number of aryl methyl sites for hydroxylation is 2. The number of anilines is 1. The lowest BCUT2D eigenvalue weighted by molar-refractivity contribution is 0.0303. The number of morpholine rings is 1. The van der Waals surface area contributed by atoms with E-state index in [9.17, 15) is 9.59 Å². The number of carbonyl (C=O) groups excluding carboxylic acids is 2. The lowest BCUT2D eigenvalue weighted by Crippen LogP contribution is -2.40. The van der Waals surface area contributed by atoms with E-state index in [1.165, 1.54) is 12.3 Å². The third-order valence-electron chi connectivity index (χ3n) is 4.17. The highest BCUT2D eigenvalue weighted by atomic mass is 16.5. The van der Waals surface area contributed by atoms with Crippen molar-refractivity contribution in [2.45, 2.75) is 13.8 Å². The summed E-state index contributed by atoms with van der Waals surface area (Å²) in [6.07, 6.45) is 1.49. The van der Waals surface area contributed by atoms with Crippen molar-refractivity contribution in [2.75, 3.05) is 31.6 Å². The van der Waals surface area contributed by atoms with E-state index < -0.39 is 0 Å². The van der Waals surface area contributed by atoms with Gasteiger partial charge in [-0.05, 0) is 37.6 Å². The average molecular weight is 339 g/mol. The Bertz CT molecular complexity index is 798. The lowest BCUT2D eigenvalue weighted by Gasteiger charge is -2.26. The van der Waals surface area contributed by atoms with Crippen molar-refractivity contribution >= 4 is 17.5 Å². The molecule has 2 heterocycles. The van der Waals surface area contributed by atoms with Crippen molar-refractivity contribution < 1.29 is 14.3 Å². The molecule has 0 radical (unpaired) electrons. The summed E-state index contributed by atoms with van der Waals surface area (Å²) in [5.74, 6) is -0.435. The highest BCUT2D eigenvalue weighted by Gasteiger charge is 2.20. The minimum atomic E-state index is -0.330. The first-order valence-corrected chi connectivity index (χ1v) is 8.26. The maximum absolute atomic E-state index is 12.5. The number of ether oxygens (including phenoxy) is 1. The molecule has 0 bridgehead atoms. The van der Waals surface area contributed by atoms with Gasteiger partial charge in [0.15, 0.2) is 0 Å². The van der Waals surface area contributed by atoms with Crippen molar-refractivity contribution in [3.63, 3.8) is 0 Å². The fourth-order valence-electron chi connectivity index (χ4n) is 2.78. The first-order chi connectivity index (χ1) is 12.0. The zero-order valence-electron chi connectivity index (χ0n) is 14.4. The van der Waals surface area contributed by atoms with Crippen molar-refractivity contribution in [3.05, 3.63) is 58.9 Å². The van der Waals surface area contributed by atoms with Gasteiger partial charge in [0, 0.05) is 30.5 Å². The molecule has 1 aliphatic heterocycles. The van der Waals surface area contributed by atoms with Crippen molar-refractivity contribution in [1.29, 1.82) is 0 Å². The van der Waals surface area contributed by atoms with Gasteiger partial charge in [-0.25, -0.2) is 0 Å². The monoisotopic (exact) mass is 339 g/mol. The van der Waals surface area contributed by atoms with Gasteiger partial charge in [0.05, 0.1) is 13.2 Å². The van der Waals surface area contributed by atoms with Crippen LogP contribution in [0.1, 0.15) is 32.0 Å². The molecule has 0 saturated carbocycles. The number of benzene rings is 1. The highest BCUT2D eigenvalue weighted by Crippen LogP contribution is 2.17. The summed E-state index contributed by atoms with van der Waals surface area (Å²) in [5, 5.41) is 2.85. The molecular weight excluding hydrogens is 318 g/mol. The van der Waals surface area contributed by atoms with E-state index in [2.05, 4.69) is 10.3 Å². The summed E-state index contributed by atoms with van der Waals surface area (Å²) < 4.78 is 5.26. The molecule has 1 N–H and O–H groups in total. The fraction of sp³-hybridized carbons (Fsp3) is 0.316. The van der Waals surface area contributed by atoms with Crippen LogP contribution in [0.3, 0.4) is 0 Å². The van der Waals surface area contributed by atoms with Crippen LogP contribution in [-0.4, -0.2) is 48.0 Å². The first-order valence-electron chi connectivity index (χ1n) is 8.26. The van der Waals surface area contributed by atoms with Crippen molar-refractivity contribution in [2.24, 2.45) is 0 Å². The molecule has 0 unspecified atom stereocenters. The van der Waals surface area contributed by atoms with Crippen LogP contribution in [0, 0.1) is 13.8 Å². The second kappa shape index (κ2) is 7.44. The number of nitrogens with zero attached hydrogens (tertiary/aromatic N) is 2. The molecule has 6 nitrogen and oxygen atoms in total. The van der Waals surface area contributed by atoms with Gasteiger partial charge in [-0.15, -0.1) is 0 Å². The quantitative estimate of drug-likeness (QED) is 0.932. The van der Waals surface area contributed by atoms with Crippen LogP contribution in [0.5, 0.6) is 0 Å². The Morgan fingerprint density at radius 2 is 1.88 bits per heavy atom. The number of rotatable bonds is 3. The van der Waals surface area contributed by atoms with Gasteiger partial charge in [0.2, 0.25) is 0 Å². The second-order valence-electron chi connectivity index (χ2n) is 6.11. The largest absolute Gasteiger partial charge is 0.378 e. The molecule has 1 fully saturated rings. The standard InChI is InChI=1S/C19H21N3O3/c1-13-3-4-16(14(2)11-13)21-18(23)17-12-15(5-6-20-17)19(24)22-7-9-25-10-8-22/h3-6,11-12H,7-10H2,1-2H3,(H,21,23). The third kappa shape index (κ3) is 4.03. The Morgan fingerprint density at radius 1 is 1.12 bits per heavy atom. The van der Waals surface area contributed by atoms with Crippen molar-refractivity contribution in [1.82, 2.24) is 9.88 Å². The minimum absolute atomic E-state index is 0.105. The smallest absolute Gasteiger partial charge is 0.274 e. The van der Waals surface area contributed by atoms with Gasteiger partial charge >= 0.3 is 0 Å². The Hall–Kier alpha value is -2.73. The van der Waals surface area contributed by atoms with Crippen LogP contribution in [0.4, 0.5) is 5.69 Å². The number of amides is 2. The van der Waals surface area contributed by atoms with Gasteiger partial charge < -0.3 is 15.0 Å². The van der Waals surface area contributed by atoms with E-state index in [4.69, 9.17) is 4.74 Å². The van der Waals surface area contributed by atoms with Gasteiger partial charge in [-0.2, -0.15) is 0 Å². The molecular formula is C19H21N3O3. The first kappa shape index (κ1) is 17.1. The molecule has 2 aromatic rings. The summed E-state index contributed by atoms with van der Waals surface area (Å²) in [7, 11) is 0. The van der Waals surface area contributed by atoms with Crippen LogP contribution in [-0.2, 0) is 4.74 Å². The molecule has 1 aromatic heterocycles. The topological polar surface area (TPSA) is 71.5 Å². The van der Waals surface area contributed by atoms with Crippen LogP contribution < -0.4 is 5.32 Å². The molecule has 2 amide bonds. The summed E-state index contributed by atoms with van der Waals surface area (Å²) in [5.41, 5.74) is 3.53. The average Bonchev–Trinajstić information content (AvgIpc) is 2.64. The van der Waals surface area contributed by atoms with Crippen molar-refractivity contribution in [3.8, 4) is 0 Å². The Labute approximate surface area is 146 Å². The van der Waals surface area contributed by atoms with Crippen LogP contribution in [0.15, 0.2) is 36.5 Å². The second-order valence-corrected chi connectivity index (χ2v) is 6.11. The van der Waals surface area contributed by atoms with Gasteiger partial charge in [-0.3, -0.25) is 14.6 Å². The molecule has 6 heteroatoms. The number of hydrogen-bond donors (Lipinski definition) is 1. The Balaban J connectivity index is 1.76. The predicted octanol–water partition coefficient (Wildman–Crippen LogP) is 2.42. The Morgan fingerprint density at radius 3 is 2.60 bits per heavy atom. The van der Waals surface area contributed by atoms with Crippen LogP contribution >= 0.6 is 0 Å². The summed E-state index contributed by atoms with van der Waals surface area (Å²) in [6.45, 7) is 6.14. The molecule has 1 saturated heterocycles. The van der Waals surface area contributed by atoms with Crippen LogP contribution in [0.2, 0.25) is 0 Å². The number of aromatic nitrogens is 1. The molecule has 1 aliphatic rings. The molecule has 1 aromatic carbocycles. The minimum Gasteiger partial charge on any atom is -0.378 e. The summed E-state index contributed by atoms with van der Waals surface area (Å²) in [4.78, 5) is 30.8. The van der Waals surface area contributed by atoms with Gasteiger partial charge in [-0.1, -0.05) is 17.7 Å². The molecule has 0 atom stereocenters. The number of hydrogen-bond acceptors (Lipinski definition) is 4. The zero-order chi connectivity index (χ0) is 17.8. The van der Waals surface area contributed by atoms with E-state index >= 15 is 0 Å². The molecule has 25 heavy (non-hydrogen) atoms. The van der Waals surface area contributed by atoms with E-state index in [1.807, 2.05) is 32.0 Å². The lowest BCUT2D eigenvalue weighted by atomic mass is 10.1. The highest BCUT2D eigenvalue weighted by molar-refractivity contribution is 6.05. The fourth-order valence-corrected chi connectivity index (χ4v) is 2.78. The van der Waals surface area contributed by atoms with Gasteiger partial charge in [0.25, 0.3) is 11.8 Å². The predicted molar refractivity (Wildman–Crippen MR) is 94.8 cm³/mol. The van der Waals surface area contributed by atoms with E-state index in [0.717, 1.165) is 16.8 Å². The van der Waals surface area contributed by atoms with Crippen LogP contribution in [0.25, 0.3) is 0 Å². The third-order valence-corrected chi connectivity index (χ3v) is 4.17. The molecule has 0 spiro atoms. The van der Waals surface area contributed by atoms with E-state index in [1.54, 1.807) is 11.0 Å². The molecule has 3 rings (SSSR count). The van der Waals surface area contributed by atoms with E-state index in [0.29, 0.717) is 31.9 Å². The zero-order valence-corrected chi connectivity index (χ0v) is 14.4. The van der Waals surface area contributed by atoms with E-state index in [-0.39, 0.29) is 17.5 Å². The number of carbonyl (C=O) groups is 2. The molecule has 0 aliphatic carbocycles. The summed E-state index contributed by atoms with van der Waals surface area (Å²) >= 11 is 0. The molecule has 130 valence electrons. The maximum Gasteiger partial charge on any atom is 0.274 e. The Kier molecular flexibility index (Phi) is 5.09. The number of pyridine rings is 1. The maximum atomic E-state index is 12.5. The van der Waals surface area contributed by atoms with Gasteiger partial charge in [0.1, 0.15) is 5.69 Å². The normalized spacial score (nSPS) is 14.2.